The van der Waals surface area contributed by atoms with E-state index in [1.165, 1.54) is 28.0 Å². The van der Waals surface area contributed by atoms with Crippen LogP contribution in [0.5, 0.6) is 11.5 Å². The lowest BCUT2D eigenvalue weighted by Gasteiger charge is -2.23. The van der Waals surface area contributed by atoms with Gasteiger partial charge in [-0.25, -0.2) is 0 Å². The SMILES string of the molecule is C=CCOc1cccc([C@@H]2/C(=C(\O)c3ccc4c(c3)C[C@@H](C)O4)C(=O)C(=O)N2c2nnc(SCc3ccccc3)s2)c1. The molecule has 2 aliphatic rings. The second-order valence-corrected chi connectivity index (χ2v) is 12.1. The van der Waals surface area contributed by atoms with Crippen molar-refractivity contribution in [3.05, 3.63) is 113 Å². The molecule has 42 heavy (non-hydrogen) atoms. The summed E-state index contributed by atoms with van der Waals surface area (Å²) in [4.78, 5) is 28.6. The molecular formula is C32H27N3O5S2. The highest BCUT2D eigenvalue weighted by atomic mass is 32.2. The number of nitrogens with zero attached hydrogens (tertiary/aromatic N) is 3. The highest BCUT2D eigenvalue weighted by Gasteiger charge is 2.48. The molecule has 3 aromatic carbocycles. The third kappa shape index (κ3) is 5.43. The van der Waals surface area contributed by atoms with E-state index in [0.717, 1.165) is 16.9 Å². The molecule has 1 amide bonds. The number of aliphatic hydroxyl groups excluding tert-OH is 1. The van der Waals surface area contributed by atoms with Gasteiger partial charge >= 0.3 is 5.91 Å². The largest absolute Gasteiger partial charge is 0.507 e. The van der Waals surface area contributed by atoms with Gasteiger partial charge in [0, 0.05) is 17.7 Å². The molecule has 8 nitrogen and oxygen atoms in total. The Morgan fingerprint density at radius 3 is 2.79 bits per heavy atom. The molecule has 2 aliphatic heterocycles. The predicted molar refractivity (Wildman–Crippen MR) is 163 cm³/mol. The van der Waals surface area contributed by atoms with E-state index in [1.54, 1.807) is 42.5 Å². The number of amides is 1. The quantitative estimate of drug-likeness (QED) is 0.0595. The first-order chi connectivity index (χ1) is 20.4. The summed E-state index contributed by atoms with van der Waals surface area (Å²) in [5.41, 5.74) is 3.06. The fourth-order valence-corrected chi connectivity index (χ4v) is 6.90. The van der Waals surface area contributed by atoms with Crippen molar-refractivity contribution < 1.29 is 24.2 Å². The van der Waals surface area contributed by atoms with Crippen LogP contribution in [0.2, 0.25) is 0 Å². The van der Waals surface area contributed by atoms with Crippen molar-refractivity contribution in [3.63, 3.8) is 0 Å². The Morgan fingerprint density at radius 1 is 1.14 bits per heavy atom. The lowest BCUT2D eigenvalue weighted by atomic mass is 9.94. The van der Waals surface area contributed by atoms with Crippen LogP contribution in [0.1, 0.15) is 35.2 Å². The normalized spacial score (nSPS) is 19.0. The van der Waals surface area contributed by atoms with Crippen LogP contribution in [0.3, 0.4) is 0 Å². The number of ketones is 1. The van der Waals surface area contributed by atoms with E-state index in [0.29, 0.717) is 33.4 Å². The second-order valence-electron chi connectivity index (χ2n) is 9.92. The zero-order valence-electron chi connectivity index (χ0n) is 22.7. The van der Waals surface area contributed by atoms with Crippen molar-refractivity contribution in [2.75, 3.05) is 11.5 Å². The van der Waals surface area contributed by atoms with Crippen molar-refractivity contribution in [2.24, 2.45) is 0 Å². The lowest BCUT2D eigenvalue weighted by molar-refractivity contribution is -0.132. The predicted octanol–water partition coefficient (Wildman–Crippen LogP) is 6.34. The number of aliphatic hydroxyl groups is 1. The minimum Gasteiger partial charge on any atom is -0.507 e. The van der Waals surface area contributed by atoms with Gasteiger partial charge in [0.05, 0.1) is 11.6 Å². The van der Waals surface area contributed by atoms with Crippen molar-refractivity contribution in [1.29, 1.82) is 0 Å². The van der Waals surface area contributed by atoms with Crippen molar-refractivity contribution in [3.8, 4) is 11.5 Å². The van der Waals surface area contributed by atoms with Crippen LogP contribution >= 0.6 is 23.1 Å². The van der Waals surface area contributed by atoms with E-state index in [2.05, 4.69) is 16.8 Å². The Hall–Kier alpha value is -4.41. The van der Waals surface area contributed by atoms with E-state index >= 15 is 0 Å². The summed E-state index contributed by atoms with van der Waals surface area (Å²) in [5, 5.41) is 20.4. The fraction of sp³-hybridized carbons (Fsp3) is 0.188. The van der Waals surface area contributed by atoms with Crippen LogP contribution in [0, 0.1) is 0 Å². The molecule has 1 fully saturated rings. The molecular weight excluding hydrogens is 571 g/mol. The van der Waals surface area contributed by atoms with E-state index in [-0.39, 0.29) is 29.2 Å². The van der Waals surface area contributed by atoms with Gasteiger partial charge < -0.3 is 14.6 Å². The maximum atomic E-state index is 13.6. The molecule has 0 bridgehead atoms. The van der Waals surface area contributed by atoms with Gasteiger partial charge in [0.15, 0.2) is 4.34 Å². The zero-order valence-corrected chi connectivity index (χ0v) is 24.4. The molecule has 10 heteroatoms. The molecule has 6 rings (SSSR count). The molecule has 0 spiro atoms. The molecule has 212 valence electrons. The molecule has 0 aliphatic carbocycles. The first kappa shape index (κ1) is 27.7. The number of fused-ring (bicyclic) bond motifs is 1. The molecule has 2 atom stereocenters. The van der Waals surface area contributed by atoms with Crippen LogP contribution in [0.25, 0.3) is 5.76 Å². The molecule has 1 aromatic heterocycles. The maximum absolute atomic E-state index is 13.6. The van der Waals surface area contributed by atoms with E-state index in [9.17, 15) is 14.7 Å². The Labute approximate surface area is 251 Å². The summed E-state index contributed by atoms with van der Waals surface area (Å²) >= 11 is 2.72. The number of carbonyl (C=O) groups excluding carboxylic acids is 2. The molecule has 1 N–H and O–H groups in total. The second kappa shape index (κ2) is 11.8. The Bertz CT molecular complexity index is 1700. The topological polar surface area (TPSA) is 102 Å². The number of hydrogen-bond donors (Lipinski definition) is 1. The van der Waals surface area contributed by atoms with E-state index in [1.807, 2.05) is 43.3 Å². The number of rotatable bonds is 9. The van der Waals surface area contributed by atoms with Crippen LogP contribution in [-0.2, 0) is 21.8 Å². The zero-order chi connectivity index (χ0) is 29.2. The fourth-order valence-electron chi connectivity index (χ4n) is 5.08. The van der Waals surface area contributed by atoms with Gasteiger partial charge in [-0.15, -0.1) is 10.2 Å². The summed E-state index contributed by atoms with van der Waals surface area (Å²) in [5.74, 6) is 0.127. The highest BCUT2D eigenvalue weighted by molar-refractivity contribution is 8.00. The molecule has 4 aromatic rings. The van der Waals surface area contributed by atoms with Gasteiger partial charge in [-0.1, -0.05) is 78.2 Å². The highest BCUT2D eigenvalue weighted by Crippen LogP contribution is 2.45. The Morgan fingerprint density at radius 2 is 1.98 bits per heavy atom. The van der Waals surface area contributed by atoms with Crippen LogP contribution in [-0.4, -0.2) is 39.7 Å². The van der Waals surface area contributed by atoms with Crippen LogP contribution in [0.4, 0.5) is 5.13 Å². The Balaban J connectivity index is 1.41. The number of ether oxygens (including phenoxy) is 2. The van der Waals surface area contributed by atoms with Crippen LogP contribution < -0.4 is 14.4 Å². The Kier molecular flexibility index (Phi) is 7.82. The first-order valence-corrected chi connectivity index (χ1v) is 15.2. The van der Waals surface area contributed by atoms with Gasteiger partial charge in [0.2, 0.25) is 5.13 Å². The number of thioether (sulfide) groups is 1. The minimum atomic E-state index is -0.944. The number of benzene rings is 3. The summed E-state index contributed by atoms with van der Waals surface area (Å²) in [6.45, 7) is 5.96. The van der Waals surface area contributed by atoms with Crippen LogP contribution in [0.15, 0.2) is 95.4 Å². The number of hydrogen-bond acceptors (Lipinski definition) is 9. The number of anilines is 1. The summed E-state index contributed by atoms with van der Waals surface area (Å²) in [7, 11) is 0. The first-order valence-electron chi connectivity index (χ1n) is 13.4. The summed E-state index contributed by atoms with van der Waals surface area (Å²) < 4.78 is 12.2. The third-order valence-corrected chi connectivity index (χ3v) is 9.09. The van der Waals surface area contributed by atoms with Gasteiger partial charge in [-0.3, -0.25) is 14.5 Å². The molecule has 3 heterocycles. The standard InChI is InChI=1S/C32H27N3O5S2/c1-3-14-39-24-11-7-10-21(17-24)27-26(28(36)22-12-13-25-23(16-22)15-19(2)40-25)29(37)30(38)35(27)31-33-34-32(42-31)41-18-20-8-5-4-6-9-20/h3-13,16-17,19,27,36H,1,14-15,18H2,2H3/b28-26+/t19-,27-/m1/s1. The van der Waals surface area contributed by atoms with Gasteiger partial charge in [0.1, 0.15) is 30.0 Å². The average Bonchev–Trinajstić information content (AvgIpc) is 3.70. The number of Topliss-reactive ketones (excluding diaryl/α,β-unsaturated/α-hetero) is 1. The van der Waals surface area contributed by atoms with E-state index < -0.39 is 17.7 Å². The average molecular weight is 598 g/mol. The third-order valence-electron chi connectivity index (χ3n) is 6.96. The smallest absolute Gasteiger partial charge is 0.301 e. The number of aromatic nitrogens is 2. The van der Waals surface area contributed by atoms with Crippen molar-refractivity contribution in [2.45, 2.75) is 35.6 Å². The van der Waals surface area contributed by atoms with Gasteiger partial charge in [-0.2, -0.15) is 0 Å². The van der Waals surface area contributed by atoms with Gasteiger partial charge in [-0.05, 0) is 53.9 Å². The molecule has 0 radical (unpaired) electrons. The number of carbonyl (C=O) groups is 2. The van der Waals surface area contributed by atoms with E-state index in [4.69, 9.17) is 9.47 Å². The summed E-state index contributed by atoms with van der Waals surface area (Å²) in [6.07, 6.45) is 2.34. The molecule has 0 saturated carbocycles. The molecule has 1 saturated heterocycles. The van der Waals surface area contributed by atoms with Gasteiger partial charge in [0.25, 0.3) is 5.78 Å². The van der Waals surface area contributed by atoms with Crippen molar-refractivity contribution >= 4 is 45.7 Å². The monoisotopic (exact) mass is 597 g/mol. The minimum absolute atomic E-state index is 0.0210. The lowest BCUT2D eigenvalue weighted by Crippen LogP contribution is -2.29. The van der Waals surface area contributed by atoms with Crippen molar-refractivity contribution in [1.82, 2.24) is 10.2 Å². The maximum Gasteiger partial charge on any atom is 0.301 e. The summed E-state index contributed by atoms with van der Waals surface area (Å²) in [6, 6.07) is 21.4. The molecule has 0 unspecified atom stereocenters.